The lowest BCUT2D eigenvalue weighted by Gasteiger charge is -2.50. The first kappa shape index (κ1) is 26.9. The van der Waals surface area contributed by atoms with Crippen molar-refractivity contribution in [3.8, 4) is 0 Å². The molecule has 0 saturated heterocycles. The molecule has 0 spiro atoms. The van der Waals surface area contributed by atoms with Gasteiger partial charge in [0.05, 0.1) is 11.0 Å². The van der Waals surface area contributed by atoms with Gasteiger partial charge in [-0.25, -0.2) is 0 Å². The Labute approximate surface area is 204 Å². The van der Waals surface area contributed by atoms with Crippen molar-refractivity contribution in [3.63, 3.8) is 0 Å². The minimum absolute atomic E-state index is 0.159. The summed E-state index contributed by atoms with van der Waals surface area (Å²) in [4.78, 5) is 0.239. The van der Waals surface area contributed by atoms with Crippen molar-refractivity contribution in [1.82, 2.24) is 0 Å². The van der Waals surface area contributed by atoms with Crippen LogP contribution in [0.2, 0.25) is 18.1 Å². The lowest BCUT2D eigenvalue weighted by Crippen LogP contribution is -2.50. The van der Waals surface area contributed by atoms with Gasteiger partial charge in [0.1, 0.15) is 0 Å². The molecule has 0 radical (unpaired) electrons. The van der Waals surface area contributed by atoms with E-state index in [1.54, 1.807) is 12.1 Å². The maximum atomic E-state index is 12.9. The van der Waals surface area contributed by atoms with E-state index in [9.17, 15) is 8.42 Å². The molecule has 0 heterocycles. The molecule has 1 aromatic carbocycles. The number of benzene rings is 1. The second-order valence-electron chi connectivity index (χ2n) is 12.5. The molecule has 2 aliphatic carbocycles. The molecule has 0 bridgehead atoms. The molecule has 33 heavy (non-hydrogen) atoms. The average Bonchev–Trinajstić information content (AvgIpc) is 3.04. The third kappa shape index (κ3) is 5.44. The number of aryl methyl sites for hydroxylation is 1. The Bertz CT molecular complexity index is 918. The minimum atomic E-state index is -3.77. The first-order valence-electron chi connectivity index (χ1n) is 12.8. The van der Waals surface area contributed by atoms with Crippen LogP contribution in [0.5, 0.6) is 0 Å². The molecular formula is C27H46O4SSi. The monoisotopic (exact) mass is 494 g/mol. The SMILES string of the molecule is Cc1ccc(S(=O)(=O)OC(C)[C@H](C)C2CCC3[C@@H](O[Si](C)(C)C(C)(C)C)CCC[C@]23C)cc1. The molecule has 0 aromatic heterocycles. The Morgan fingerprint density at radius 2 is 1.67 bits per heavy atom. The van der Waals surface area contributed by atoms with Gasteiger partial charge < -0.3 is 4.43 Å². The normalized spacial score (nSPS) is 30.6. The molecule has 3 unspecified atom stereocenters. The molecule has 0 N–H and O–H groups in total. The van der Waals surface area contributed by atoms with E-state index in [4.69, 9.17) is 8.61 Å². The van der Waals surface area contributed by atoms with Gasteiger partial charge >= 0.3 is 0 Å². The summed E-state index contributed by atoms with van der Waals surface area (Å²) >= 11 is 0. The number of rotatable bonds is 7. The van der Waals surface area contributed by atoms with Gasteiger partial charge in [0.2, 0.25) is 0 Å². The van der Waals surface area contributed by atoms with Crippen molar-refractivity contribution in [2.45, 2.75) is 116 Å². The summed E-state index contributed by atoms with van der Waals surface area (Å²) in [5.41, 5.74) is 1.21. The van der Waals surface area contributed by atoms with Crippen molar-refractivity contribution in [2.75, 3.05) is 0 Å². The topological polar surface area (TPSA) is 52.6 Å². The fourth-order valence-corrected chi connectivity index (χ4v) is 8.64. The molecule has 2 fully saturated rings. The highest BCUT2D eigenvalue weighted by Gasteiger charge is 2.55. The van der Waals surface area contributed by atoms with Crippen LogP contribution in [0.25, 0.3) is 0 Å². The van der Waals surface area contributed by atoms with E-state index in [-0.39, 0.29) is 27.4 Å². The van der Waals surface area contributed by atoms with Crippen LogP contribution < -0.4 is 0 Å². The average molecular weight is 495 g/mol. The second-order valence-corrected chi connectivity index (χ2v) is 18.9. The summed E-state index contributed by atoms with van der Waals surface area (Å²) in [6.45, 7) is 20.2. The van der Waals surface area contributed by atoms with Gasteiger partial charge in [0.25, 0.3) is 10.1 Å². The fraction of sp³-hybridized carbons (Fsp3) is 0.778. The summed E-state index contributed by atoms with van der Waals surface area (Å²) in [6, 6.07) is 6.91. The quantitative estimate of drug-likeness (QED) is 0.294. The van der Waals surface area contributed by atoms with Crippen molar-refractivity contribution in [2.24, 2.45) is 23.2 Å². The van der Waals surface area contributed by atoms with Gasteiger partial charge in [-0.05, 0) is 93.0 Å². The maximum Gasteiger partial charge on any atom is 0.297 e. The van der Waals surface area contributed by atoms with Crippen LogP contribution in [0, 0.1) is 30.1 Å². The predicted molar refractivity (Wildman–Crippen MR) is 138 cm³/mol. The zero-order valence-corrected chi connectivity index (χ0v) is 24.1. The van der Waals surface area contributed by atoms with E-state index in [0.29, 0.717) is 17.9 Å². The predicted octanol–water partition coefficient (Wildman–Crippen LogP) is 7.33. The summed E-state index contributed by atoms with van der Waals surface area (Å²) < 4.78 is 38.5. The van der Waals surface area contributed by atoms with E-state index in [0.717, 1.165) is 18.4 Å². The van der Waals surface area contributed by atoms with Crippen LogP contribution in [0.3, 0.4) is 0 Å². The molecule has 1 aromatic rings. The molecule has 3 rings (SSSR count). The molecule has 6 atom stereocenters. The van der Waals surface area contributed by atoms with Gasteiger partial charge in [-0.15, -0.1) is 0 Å². The van der Waals surface area contributed by atoms with Crippen LogP contribution >= 0.6 is 0 Å². The Kier molecular flexibility index (Phi) is 7.66. The van der Waals surface area contributed by atoms with Gasteiger partial charge in [0, 0.05) is 6.10 Å². The Balaban J connectivity index is 1.74. The molecule has 2 saturated carbocycles. The van der Waals surface area contributed by atoms with Crippen molar-refractivity contribution < 1.29 is 17.0 Å². The smallest absolute Gasteiger partial charge is 0.297 e. The summed E-state index contributed by atoms with van der Waals surface area (Å²) in [5, 5.41) is 0.207. The zero-order chi connectivity index (χ0) is 24.8. The van der Waals surface area contributed by atoms with Crippen molar-refractivity contribution in [1.29, 1.82) is 0 Å². The first-order valence-corrected chi connectivity index (χ1v) is 17.1. The molecule has 6 heteroatoms. The minimum Gasteiger partial charge on any atom is -0.414 e. The molecule has 2 aliphatic rings. The molecule has 0 amide bonds. The largest absolute Gasteiger partial charge is 0.414 e. The first-order chi connectivity index (χ1) is 15.1. The molecule has 0 aliphatic heterocycles. The van der Waals surface area contributed by atoms with E-state index >= 15 is 0 Å². The zero-order valence-electron chi connectivity index (χ0n) is 22.3. The molecular weight excluding hydrogens is 448 g/mol. The van der Waals surface area contributed by atoms with Crippen LogP contribution in [0.4, 0.5) is 0 Å². The summed E-state index contributed by atoms with van der Waals surface area (Å²) in [6.07, 6.45) is 5.79. The van der Waals surface area contributed by atoms with E-state index < -0.39 is 18.4 Å². The fourth-order valence-electron chi connectivity index (χ4n) is 6.10. The van der Waals surface area contributed by atoms with E-state index in [1.807, 2.05) is 26.0 Å². The van der Waals surface area contributed by atoms with Crippen LogP contribution in [-0.2, 0) is 18.7 Å². The maximum absolute atomic E-state index is 12.9. The lowest BCUT2D eigenvalue weighted by atomic mass is 9.61. The van der Waals surface area contributed by atoms with Gasteiger partial charge in [0.15, 0.2) is 8.32 Å². The van der Waals surface area contributed by atoms with Crippen molar-refractivity contribution in [3.05, 3.63) is 29.8 Å². The highest BCUT2D eigenvalue weighted by atomic mass is 32.2. The van der Waals surface area contributed by atoms with Crippen LogP contribution in [0.1, 0.15) is 79.2 Å². The molecule has 4 nitrogen and oxygen atoms in total. The standard InChI is InChI=1S/C27H46O4SSi/c1-19-12-14-22(15-13-19)32(28,29)30-21(3)20(2)23-16-17-24-25(11-10-18-27(23,24)7)31-33(8,9)26(4,5)6/h12-15,20-21,23-25H,10-11,16-18H2,1-9H3/t20-,21?,23?,24?,25-,27+/m0/s1. The Hall–Kier alpha value is -0.693. The molecule has 188 valence electrons. The highest BCUT2D eigenvalue weighted by Crippen LogP contribution is 2.59. The van der Waals surface area contributed by atoms with Gasteiger partial charge in [-0.3, -0.25) is 4.18 Å². The van der Waals surface area contributed by atoms with Crippen LogP contribution in [0.15, 0.2) is 29.2 Å². The third-order valence-corrected chi connectivity index (χ3v) is 15.3. The summed E-state index contributed by atoms with van der Waals surface area (Å²) in [5.74, 6) is 1.15. The number of hydrogen-bond acceptors (Lipinski definition) is 4. The Morgan fingerprint density at radius 1 is 1.06 bits per heavy atom. The van der Waals surface area contributed by atoms with E-state index in [2.05, 4.69) is 47.7 Å². The van der Waals surface area contributed by atoms with Gasteiger partial charge in [-0.1, -0.05) is 58.7 Å². The Morgan fingerprint density at radius 3 is 2.24 bits per heavy atom. The number of hydrogen-bond donors (Lipinski definition) is 0. The summed E-state index contributed by atoms with van der Waals surface area (Å²) in [7, 11) is -5.60. The highest BCUT2D eigenvalue weighted by molar-refractivity contribution is 7.86. The third-order valence-electron chi connectivity index (χ3n) is 9.35. The number of fused-ring (bicyclic) bond motifs is 1. The van der Waals surface area contributed by atoms with Gasteiger partial charge in [-0.2, -0.15) is 8.42 Å². The van der Waals surface area contributed by atoms with Crippen LogP contribution in [-0.4, -0.2) is 28.9 Å². The second kappa shape index (κ2) is 9.40. The van der Waals surface area contributed by atoms with Crippen molar-refractivity contribution >= 4 is 18.4 Å². The lowest BCUT2D eigenvalue weighted by molar-refractivity contribution is -0.0326. The van der Waals surface area contributed by atoms with E-state index in [1.165, 1.54) is 19.3 Å².